The molecule has 2 atom stereocenters. The van der Waals surface area contributed by atoms with Crippen LogP contribution in [0, 0.1) is 26.6 Å². The Morgan fingerprint density at radius 3 is 2.32 bits per heavy atom. The van der Waals surface area contributed by atoms with Gasteiger partial charge in [0.25, 0.3) is 11.5 Å². The van der Waals surface area contributed by atoms with Crippen molar-refractivity contribution in [1.82, 2.24) is 4.98 Å². The lowest BCUT2D eigenvalue weighted by Gasteiger charge is -2.29. The molecule has 0 N–H and O–H groups in total. The minimum Gasteiger partial charge on any atom is -0.374 e. The zero-order valence-electron chi connectivity index (χ0n) is 20.2. The highest BCUT2D eigenvalue weighted by Gasteiger charge is 2.62. The van der Waals surface area contributed by atoms with E-state index < -0.39 is 55.3 Å². The standard InChI is InChI=1S/C24H19Cl2F4N3O3S2/c1-11-7-14(5-6-16(11)21(34)33-38(4,35)22-31-12(2)13(3)37-22)19-10-23(36-32-19,24(28,29)30)15-8-17(25)20(27)18(26)9-15/h5-9H,10H2,1-4H3. The molecule has 0 radical (unpaired) electrons. The van der Waals surface area contributed by atoms with E-state index in [-0.39, 0.29) is 21.2 Å². The lowest BCUT2D eigenvalue weighted by Crippen LogP contribution is -2.42. The summed E-state index contributed by atoms with van der Waals surface area (Å²) >= 11 is 12.7. The first-order valence-corrected chi connectivity index (χ1v) is 14.3. The van der Waals surface area contributed by atoms with Crippen LogP contribution in [-0.2, 0) is 20.2 Å². The molecule has 38 heavy (non-hydrogen) atoms. The number of halogens is 6. The zero-order chi connectivity index (χ0) is 28.2. The lowest BCUT2D eigenvalue weighted by molar-refractivity contribution is -0.275. The van der Waals surface area contributed by atoms with E-state index in [9.17, 15) is 26.6 Å². The normalized spacial score (nSPS) is 19.1. The number of aromatic nitrogens is 1. The molecule has 1 amide bonds. The Hall–Kier alpha value is -2.54. The average Bonchev–Trinajstić information content (AvgIpc) is 3.42. The summed E-state index contributed by atoms with van der Waals surface area (Å²) in [6.45, 7) is 5.14. The Bertz CT molecular complexity index is 1590. The second-order valence-corrected chi connectivity index (χ2v) is 13.2. The summed E-state index contributed by atoms with van der Waals surface area (Å²) in [5.74, 6) is -1.80. The fourth-order valence-electron chi connectivity index (χ4n) is 3.78. The van der Waals surface area contributed by atoms with Crippen LogP contribution in [0.4, 0.5) is 17.6 Å². The molecule has 0 bridgehead atoms. The summed E-state index contributed by atoms with van der Waals surface area (Å²) in [6, 6.07) is 5.82. The van der Waals surface area contributed by atoms with Gasteiger partial charge >= 0.3 is 6.18 Å². The van der Waals surface area contributed by atoms with Crippen LogP contribution in [0.15, 0.2) is 44.2 Å². The Balaban J connectivity index is 1.65. The number of carbonyl (C=O) groups excluding carboxylic acids is 1. The fourth-order valence-corrected chi connectivity index (χ4v) is 6.81. The SMILES string of the molecule is Cc1cc(C2=NOC(c3cc(Cl)c(F)c(Cl)c3)(C(F)(F)F)C2)ccc1C(=O)N=S(C)(=O)c1nc(C)c(C)s1. The number of hydrogen-bond donors (Lipinski definition) is 0. The van der Waals surface area contributed by atoms with E-state index in [0.29, 0.717) is 11.3 Å². The molecule has 2 heterocycles. The summed E-state index contributed by atoms with van der Waals surface area (Å²) in [5, 5.41) is 2.48. The van der Waals surface area contributed by atoms with Crippen molar-refractivity contribution in [3.63, 3.8) is 0 Å². The molecule has 0 aliphatic carbocycles. The number of rotatable bonds is 4. The predicted octanol–water partition coefficient (Wildman–Crippen LogP) is 7.39. The van der Waals surface area contributed by atoms with Crippen molar-refractivity contribution in [2.24, 2.45) is 9.52 Å². The molecular weight excluding hydrogens is 589 g/mol. The smallest absolute Gasteiger partial charge is 0.374 e. The van der Waals surface area contributed by atoms with Gasteiger partial charge in [-0.25, -0.2) is 13.6 Å². The first kappa shape index (κ1) is 28.5. The molecule has 1 aromatic heterocycles. The molecule has 2 unspecified atom stereocenters. The second kappa shape index (κ2) is 9.89. The Labute approximate surface area is 229 Å². The van der Waals surface area contributed by atoms with Gasteiger partial charge in [-0.2, -0.15) is 17.5 Å². The highest BCUT2D eigenvalue weighted by atomic mass is 35.5. The number of nitrogens with zero attached hydrogens (tertiary/aromatic N) is 3. The van der Waals surface area contributed by atoms with E-state index >= 15 is 0 Å². The van der Waals surface area contributed by atoms with Crippen molar-refractivity contribution >= 4 is 55.9 Å². The van der Waals surface area contributed by atoms with E-state index in [4.69, 9.17) is 28.0 Å². The highest BCUT2D eigenvalue weighted by molar-refractivity contribution is 7.95. The molecule has 202 valence electrons. The third kappa shape index (κ3) is 5.06. The third-order valence-electron chi connectivity index (χ3n) is 6.02. The van der Waals surface area contributed by atoms with E-state index in [1.165, 1.54) is 35.8 Å². The van der Waals surface area contributed by atoms with Crippen LogP contribution in [0.25, 0.3) is 0 Å². The van der Waals surface area contributed by atoms with Crippen LogP contribution >= 0.6 is 34.5 Å². The van der Waals surface area contributed by atoms with Gasteiger partial charge in [0.15, 0.2) is 10.2 Å². The molecule has 3 aromatic rings. The van der Waals surface area contributed by atoms with Gasteiger partial charge in [-0.05, 0) is 56.2 Å². The zero-order valence-corrected chi connectivity index (χ0v) is 23.4. The highest BCUT2D eigenvalue weighted by Crippen LogP contribution is 2.50. The number of aryl methyl sites for hydroxylation is 3. The van der Waals surface area contributed by atoms with Gasteiger partial charge in [-0.1, -0.05) is 34.4 Å². The Morgan fingerprint density at radius 2 is 1.79 bits per heavy atom. The minimum atomic E-state index is -4.96. The first-order chi connectivity index (χ1) is 17.6. The van der Waals surface area contributed by atoms with Crippen LogP contribution in [0.5, 0.6) is 0 Å². The van der Waals surface area contributed by atoms with Crippen molar-refractivity contribution in [2.45, 2.75) is 43.3 Å². The van der Waals surface area contributed by atoms with Crippen LogP contribution in [0.2, 0.25) is 10.0 Å². The molecule has 0 saturated carbocycles. The molecule has 4 rings (SSSR count). The fraction of sp³-hybridized carbons (Fsp3) is 0.292. The Morgan fingerprint density at radius 1 is 1.16 bits per heavy atom. The maximum atomic E-state index is 14.3. The van der Waals surface area contributed by atoms with E-state index in [0.717, 1.165) is 17.0 Å². The topological polar surface area (TPSA) is 81.0 Å². The van der Waals surface area contributed by atoms with Gasteiger partial charge in [-0.15, -0.1) is 11.3 Å². The number of carbonyl (C=O) groups is 1. The van der Waals surface area contributed by atoms with Crippen LogP contribution in [0.1, 0.15) is 44.0 Å². The molecular formula is C24H19Cl2F4N3O3S2. The van der Waals surface area contributed by atoms with Crippen LogP contribution in [-0.4, -0.2) is 33.2 Å². The van der Waals surface area contributed by atoms with Crippen molar-refractivity contribution < 1.29 is 31.4 Å². The summed E-state index contributed by atoms with van der Waals surface area (Å²) in [6.07, 6.45) is -4.39. The van der Waals surface area contributed by atoms with Crippen LogP contribution in [0.3, 0.4) is 0 Å². The van der Waals surface area contributed by atoms with Gasteiger partial charge in [0.1, 0.15) is 9.73 Å². The number of thiazole rings is 1. The van der Waals surface area contributed by atoms with Crippen LogP contribution < -0.4 is 0 Å². The first-order valence-electron chi connectivity index (χ1n) is 10.8. The van der Waals surface area contributed by atoms with E-state index in [1.54, 1.807) is 13.8 Å². The summed E-state index contributed by atoms with van der Waals surface area (Å²) in [5.41, 5.74) is -2.07. The van der Waals surface area contributed by atoms with Gasteiger partial charge in [-0.3, -0.25) is 4.79 Å². The number of benzene rings is 2. The van der Waals surface area contributed by atoms with Crippen molar-refractivity contribution in [1.29, 1.82) is 0 Å². The van der Waals surface area contributed by atoms with Gasteiger partial charge < -0.3 is 4.84 Å². The van der Waals surface area contributed by atoms with Crippen molar-refractivity contribution in [3.05, 3.63) is 79.0 Å². The largest absolute Gasteiger partial charge is 0.435 e. The number of alkyl halides is 3. The second-order valence-electron chi connectivity index (χ2n) is 8.73. The predicted molar refractivity (Wildman–Crippen MR) is 138 cm³/mol. The summed E-state index contributed by atoms with van der Waals surface area (Å²) in [7, 11) is -3.11. The van der Waals surface area contributed by atoms with Gasteiger partial charge in [0, 0.05) is 28.7 Å². The third-order valence-corrected chi connectivity index (χ3v) is 9.86. The van der Waals surface area contributed by atoms with Gasteiger partial charge in [0.05, 0.1) is 21.5 Å². The summed E-state index contributed by atoms with van der Waals surface area (Å²) < 4.78 is 73.8. The van der Waals surface area contributed by atoms with E-state index in [1.807, 2.05) is 6.92 Å². The lowest BCUT2D eigenvalue weighted by atomic mass is 9.86. The number of oxime groups is 1. The number of hydrogen-bond acceptors (Lipinski definition) is 6. The molecule has 6 nitrogen and oxygen atoms in total. The molecule has 0 fully saturated rings. The van der Waals surface area contributed by atoms with Crippen molar-refractivity contribution in [3.8, 4) is 0 Å². The molecule has 1 aliphatic rings. The average molecular weight is 608 g/mol. The maximum Gasteiger partial charge on any atom is 0.435 e. The monoisotopic (exact) mass is 607 g/mol. The Kier molecular flexibility index (Phi) is 7.41. The van der Waals surface area contributed by atoms with E-state index in [2.05, 4.69) is 14.5 Å². The molecule has 14 heteroatoms. The van der Waals surface area contributed by atoms with Gasteiger partial charge in [0.2, 0.25) is 0 Å². The quantitative estimate of drug-likeness (QED) is 0.229. The molecule has 0 saturated heterocycles. The maximum absolute atomic E-state index is 14.3. The number of amides is 1. The summed E-state index contributed by atoms with van der Waals surface area (Å²) in [4.78, 5) is 22.9. The molecule has 2 aromatic carbocycles. The van der Waals surface area contributed by atoms with Crippen molar-refractivity contribution in [2.75, 3.05) is 6.26 Å². The minimum absolute atomic E-state index is 0.0639. The molecule has 0 spiro atoms. The molecule has 1 aliphatic heterocycles.